The fourth-order valence-electron chi connectivity index (χ4n) is 3.52. The van der Waals surface area contributed by atoms with E-state index in [-0.39, 0.29) is 0 Å². The maximum atomic E-state index is 5.95. The summed E-state index contributed by atoms with van der Waals surface area (Å²) in [5.41, 5.74) is 3.67. The molecule has 2 aromatic rings. The van der Waals surface area contributed by atoms with Gasteiger partial charge in [0.25, 0.3) is 0 Å². The van der Waals surface area contributed by atoms with Gasteiger partial charge in [-0.25, -0.2) is 4.98 Å². The molecule has 1 fully saturated rings. The largest absolute Gasteiger partial charge is 0.328 e. The molecule has 1 aromatic carbocycles. The molecule has 2 atom stereocenters. The van der Waals surface area contributed by atoms with Gasteiger partial charge >= 0.3 is 0 Å². The summed E-state index contributed by atoms with van der Waals surface area (Å²) in [7, 11) is 0. The van der Waals surface area contributed by atoms with Gasteiger partial charge in [0.15, 0.2) is 0 Å². The number of benzene rings is 1. The number of fused-ring (bicyclic) bond motifs is 1. The first-order valence-corrected chi connectivity index (χ1v) is 8.22. The van der Waals surface area contributed by atoms with Crippen LogP contribution in [0.4, 0.5) is 0 Å². The Kier molecular flexibility index (Phi) is 4.02. The van der Waals surface area contributed by atoms with Gasteiger partial charge in [-0.3, -0.25) is 0 Å². The number of nitrogens with zero attached hydrogens (tertiary/aromatic N) is 2. The summed E-state index contributed by atoms with van der Waals surface area (Å²) >= 11 is 5.95. The predicted molar refractivity (Wildman–Crippen MR) is 85.4 cm³/mol. The second kappa shape index (κ2) is 5.77. The molecule has 1 saturated carbocycles. The first-order chi connectivity index (χ1) is 9.67. The summed E-state index contributed by atoms with van der Waals surface area (Å²) in [6.07, 6.45) is 4.94. The predicted octanol–water partition coefficient (Wildman–Crippen LogP) is 4.56. The van der Waals surface area contributed by atoms with Crippen molar-refractivity contribution in [1.29, 1.82) is 0 Å². The van der Waals surface area contributed by atoms with Crippen LogP contribution in [0.1, 0.15) is 37.6 Å². The SMILES string of the molecule is Cc1ccc2c(c1)nc(CCCl)n2CC1CCC(C)C1. The lowest BCUT2D eigenvalue weighted by molar-refractivity contribution is 0.439. The molecule has 0 bridgehead atoms. The lowest BCUT2D eigenvalue weighted by atomic mass is 10.1. The molecule has 20 heavy (non-hydrogen) atoms. The summed E-state index contributed by atoms with van der Waals surface area (Å²) in [4.78, 5) is 4.80. The minimum atomic E-state index is 0.642. The number of alkyl halides is 1. The van der Waals surface area contributed by atoms with Gasteiger partial charge in [0.2, 0.25) is 0 Å². The Balaban J connectivity index is 1.95. The van der Waals surface area contributed by atoms with Gasteiger partial charge in [0.05, 0.1) is 11.0 Å². The topological polar surface area (TPSA) is 17.8 Å². The average Bonchev–Trinajstić information content (AvgIpc) is 2.95. The number of aryl methyl sites for hydroxylation is 2. The molecule has 0 radical (unpaired) electrons. The van der Waals surface area contributed by atoms with Crippen LogP contribution < -0.4 is 0 Å². The van der Waals surface area contributed by atoms with Crippen LogP contribution in [0.3, 0.4) is 0 Å². The molecular formula is C17H23ClN2. The average molecular weight is 291 g/mol. The number of hydrogen-bond acceptors (Lipinski definition) is 1. The highest BCUT2D eigenvalue weighted by atomic mass is 35.5. The number of aromatic nitrogens is 2. The van der Waals surface area contributed by atoms with Crippen LogP contribution in [0.2, 0.25) is 0 Å². The maximum Gasteiger partial charge on any atom is 0.111 e. The van der Waals surface area contributed by atoms with Crippen LogP contribution >= 0.6 is 11.6 Å². The normalized spacial score (nSPS) is 22.8. The zero-order chi connectivity index (χ0) is 14.1. The third kappa shape index (κ3) is 2.71. The molecule has 2 unspecified atom stereocenters. The molecule has 0 saturated heterocycles. The first-order valence-electron chi connectivity index (χ1n) is 7.69. The van der Waals surface area contributed by atoms with Crippen LogP contribution in [0.25, 0.3) is 11.0 Å². The van der Waals surface area contributed by atoms with Gasteiger partial charge in [-0.15, -0.1) is 11.6 Å². The third-order valence-corrected chi connectivity index (χ3v) is 4.73. The van der Waals surface area contributed by atoms with E-state index in [1.54, 1.807) is 0 Å². The fraction of sp³-hybridized carbons (Fsp3) is 0.588. The van der Waals surface area contributed by atoms with E-state index in [1.807, 2.05) is 0 Å². The lowest BCUT2D eigenvalue weighted by Crippen LogP contribution is -2.11. The Bertz CT molecular complexity index is 602. The molecular weight excluding hydrogens is 268 g/mol. The Hall–Kier alpha value is -1.02. The van der Waals surface area contributed by atoms with E-state index >= 15 is 0 Å². The number of imidazole rings is 1. The molecule has 1 aliphatic carbocycles. The van der Waals surface area contributed by atoms with Crippen molar-refractivity contribution < 1.29 is 0 Å². The highest BCUT2D eigenvalue weighted by Gasteiger charge is 2.23. The van der Waals surface area contributed by atoms with Gasteiger partial charge in [-0.05, 0) is 49.3 Å². The number of hydrogen-bond donors (Lipinski definition) is 0. The number of rotatable bonds is 4. The minimum Gasteiger partial charge on any atom is -0.328 e. The Morgan fingerprint density at radius 2 is 2.20 bits per heavy atom. The van der Waals surface area contributed by atoms with Crippen molar-refractivity contribution in [2.45, 2.75) is 46.1 Å². The molecule has 0 N–H and O–H groups in total. The van der Waals surface area contributed by atoms with Gasteiger partial charge in [-0.2, -0.15) is 0 Å². The Morgan fingerprint density at radius 3 is 2.90 bits per heavy atom. The van der Waals surface area contributed by atoms with Crippen LogP contribution in [0.5, 0.6) is 0 Å². The Morgan fingerprint density at radius 1 is 1.35 bits per heavy atom. The van der Waals surface area contributed by atoms with Crippen molar-refractivity contribution in [3.8, 4) is 0 Å². The zero-order valence-corrected chi connectivity index (χ0v) is 13.2. The van der Waals surface area contributed by atoms with Crippen LogP contribution in [0, 0.1) is 18.8 Å². The summed E-state index contributed by atoms with van der Waals surface area (Å²) < 4.78 is 2.42. The molecule has 2 nitrogen and oxygen atoms in total. The van der Waals surface area contributed by atoms with E-state index in [1.165, 1.54) is 30.3 Å². The quantitative estimate of drug-likeness (QED) is 0.755. The highest BCUT2D eigenvalue weighted by Crippen LogP contribution is 2.32. The summed E-state index contributed by atoms with van der Waals surface area (Å²) in [6, 6.07) is 6.58. The van der Waals surface area contributed by atoms with Crippen molar-refractivity contribution in [2.75, 3.05) is 5.88 Å². The molecule has 0 amide bonds. The maximum absolute atomic E-state index is 5.95. The molecule has 1 heterocycles. The second-order valence-corrected chi connectivity index (χ2v) is 6.73. The molecule has 1 aromatic heterocycles. The highest BCUT2D eigenvalue weighted by molar-refractivity contribution is 6.17. The van der Waals surface area contributed by atoms with Crippen LogP contribution in [-0.2, 0) is 13.0 Å². The van der Waals surface area contributed by atoms with E-state index in [0.717, 1.165) is 36.1 Å². The number of halogens is 1. The molecule has 0 spiro atoms. The monoisotopic (exact) mass is 290 g/mol. The van der Waals surface area contributed by atoms with E-state index in [4.69, 9.17) is 16.6 Å². The molecule has 3 rings (SSSR count). The molecule has 1 aliphatic rings. The smallest absolute Gasteiger partial charge is 0.111 e. The van der Waals surface area contributed by atoms with E-state index in [0.29, 0.717) is 5.88 Å². The van der Waals surface area contributed by atoms with Crippen molar-refractivity contribution in [3.05, 3.63) is 29.6 Å². The lowest BCUT2D eigenvalue weighted by Gasteiger charge is -2.14. The van der Waals surface area contributed by atoms with E-state index in [2.05, 4.69) is 36.6 Å². The van der Waals surface area contributed by atoms with Crippen molar-refractivity contribution in [3.63, 3.8) is 0 Å². The van der Waals surface area contributed by atoms with Crippen LogP contribution in [0.15, 0.2) is 18.2 Å². The summed E-state index contributed by atoms with van der Waals surface area (Å²) in [5.74, 6) is 3.48. The summed E-state index contributed by atoms with van der Waals surface area (Å²) in [6.45, 7) is 5.60. The van der Waals surface area contributed by atoms with Crippen LogP contribution in [-0.4, -0.2) is 15.4 Å². The first kappa shape index (κ1) is 13.9. The molecule has 3 heteroatoms. The van der Waals surface area contributed by atoms with Gasteiger partial charge in [0.1, 0.15) is 5.82 Å². The Labute approximate surface area is 126 Å². The van der Waals surface area contributed by atoms with Crippen molar-refractivity contribution in [1.82, 2.24) is 9.55 Å². The third-order valence-electron chi connectivity index (χ3n) is 4.55. The van der Waals surface area contributed by atoms with Crippen molar-refractivity contribution in [2.24, 2.45) is 11.8 Å². The summed E-state index contributed by atoms with van der Waals surface area (Å²) in [5, 5.41) is 0. The van der Waals surface area contributed by atoms with Crippen molar-refractivity contribution >= 4 is 22.6 Å². The van der Waals surface area contributed by atoms with E-state index in [9.17, 15) is 0 Å². The van der Waals surface area contributed by atoms with Gasteiger partial charge < -0.3 is 4.57 Å². The van der Waals surface area contributed by atoms with Gasteiger partial charge in [-0.1, -0.05) is 19.4 Å². The zero-order valence-electron chi connectivity index (χ0n) is 12.4. The second-order valence-electron chi connectivity index (χ2n) is 6.35. The fourth-order valence-corrected chi connectivity index (χ4v) is 3.69. The minimum absolute atomic E-state index is 0.642. The van der Waals surface area contributed by atoms with Gasteiger partial charge in [0, 0.05) is 18.8 Å². The molecule has 108 valence electrons. The standard InChI is InChI=1S/C17H23ClN2/c1-12-3-5-14(9-12)11-20-16-6-4-13(2)10-15(16)19-17(20)7-8-18/h4,6,10,12,14H,3,5,7-9,11H2,1-2H3. The molecule has 0 aliphatic heterocycles. The van der Waals surface area contributed by atoms with E-state index < -0.39 is 0 Å².